The highest BCUT2D eigenvalue weighted by Crippen LogP contribution is 2.12. The highest BCUT2D eigenvalue weighted by Gasteiger charge is 2.27. The SMILES string of the molecule is CCC(C(=O)NC)C(CC(=O)NC)NC=O. The lowest BCUT2D eigenvalue weighted by atomic mass is 9.93. The van der Waals surface area contributed by atoms with Gasteiger partial charge in [0.05, 0.1) is 5.92 Å². The van der Waals surface area contributed by atoms with Crippen LogP contribution in [0.1, 0.15) is 19.8 Å². The molecule has 3 N–H and O–H groups in total. The maximum atomic E-state index is 11.5. The van der Waals surface area contributed by atoms with Gasteiger partial charge in [-0.25, -0.2) is 0 Å². The zero-order chi connectivity index (χ0) is 12.6. The van der Waals surface area contributed by atoms with Crippen LogP contribution in [0.4, 0.5) is 0 Å². The minimum absolute atomic E-state index is 0.0984. The molecule has 0 saturated carbocycles. The highest BCUT2D eigenvalue weighted by atomic mass is 16.2. The zero-order valence-corrected chi connectivity index (χ0v) is 9.87. The largest absolute Gasteiger partial charge is 0.359 e. The second-order valence-corrected chi connectivity index (χ2v) is 3.40. The van der Waals surface area contributed by atoms with Crippen LogP contribution in [0.2, 0.25) is 0 Å². The van der Waals surface area contributed by atoms with Crippen LogP contribution >= 0.6 is 0 Å². The number of carbonyl (C=O) groups excluding carboxylic acids is 3. The molecule has 0 aromatic carbocycles. The first-order chi connectivity index (χ1) is 7.60. The normalized spacial score (nSPS) is 13.4. The molecular weight excluding hydrogens is 210 g/mol. The Morgan fingerprint density at radius 3 is 2.25 bits per heavy atom. The minimum Gasteiger partial charge on any atom is -0.359 e. The van der Waals surface area contributed by atoms with E-state index in [0.29, 0.717) is 12.8 Å². The zero-order valence-electron chi connectivity index (χ0n) is 9.87. The maximum absolute atomic E-state index is 11.5. The van der Waals surface area contributed by atoms with Crippen molar-refractivity contribution in [2.45, 2.75) is 25.8 Å². The van der Waals surface area contributed by atoms with Crippen LogP contribution in [0.15, 0.2) is 0 Å². The molecular formula is C10H19N3O3. The molecule has 6 heteroatoms. The first kappa shape index (κ1) is 14.4. The Labute approximate surface area is 95.2 Å². The Kier molecular flexibility index (Phi) is 6.91. The van der Waals surface area contributed by atoms with E-state index in [0.717, 1.165) is 0 Å². The number of hydrogen-bond acceptors (Lipinski definition) is 3. The van der Waals surface area contributed by atoms with Gasteiger partial charge >= 0.3 is 0 Å². The molecule has 0 aliphatic heterocycles. The molecule has 0 aliphatic rings. The summed E-state index contributed by atoms with van der Waals surface area (Å²) in [7, 11) is 3.05. The maximum Gasteiger partial charge on any atom is 0.224 e. The molecule has 0 aromatic heterocycles. The summed E-state index contributed by atoms with van der Waals surface area (Å²) in [6.07, 6.45) is 1.17. The van der Waals surface area contributed by atoms with Crippen molar-refractivity contribution in [3.63, 3.8) is 0 Å². The van der Waals surface area contributed by atoms with Gasteiger partial charge < -0.3 is 16.0 Å². The van der Waals surface area contributed by atoms with Crippen LogP contribution in [0.3, 0.4) is 0 Å². The second-order valence-electron chi connectivity index (χ2n) is 3.40. The molecule has 6 nitrogen and oxygen atoms in total. The molecule has 0 rings (SSSR count). The number of rotatable bonds is 7. The third-order valence-corrected chi connectivity index (χ3v) is 2.47. The lowest BCUT2D eigenvalue weighted by molar-refractivity contribution is -0.127. The van der Waals surface area contributed by atoms with Gasteiger partial charge in [-0.1, -0.05) is 6.92 Å². The molecule has 2 unspecified atom stereocenters. The molecule has 92 valence electrons. The van der Waals surface area contributed by atoms with E-state index in [1.807, 2.05) is 6.92 Å². The summed E-state index contributed by atoms with van der Waals surface area (Å²) >= 11 is 0. The lowest BCUT2D eigenvalue weighted by Gasteiger charge is -2.23. The van der Waals surface area contributed by atoms with Gasteiger partial charge in [0.1, 0.15) is 0 Å². The number of amides is 3. The minimum atomic E-state index is -0.470. The van der Waals surface area contributed by atoms with Gasteiger partial charge in [-0.15, -0.1) is 0 Å². The molecule has 3 amide bonds. The average molecular weight is 229 g/mol. The number of hydrogen-bond donors (Lipinski definition) is 3. The van der Waals surface area contributed by atoms with Crippen molar-refractivity contribution in [1.82, 2.24) is 16.0 Å². The second kappa shape index (κ2) is 7.67. The molecule has 0 spiro atoms. The van der Waals surface area contributed by atoms with Crippen LogP contribution in [-0.4, -0.2) is 38.4 Å². The van der Waals surface area contributed by atoms with Gasteiger partial charge in [-0.05, 0) is 6.42 Å². The van der Waals surface area contributed by atoms with E-state index >= 15 is 0 Å². The third kappa shape index (κ3) is 4.29. The predicted octanol–water partition coefficient (Wildman–Crippen LogP) is -0.991. The number of nitrogens with one attached hydrogen (secondary N) is 3. The molecule has 0 radical (unpaired) electrons. The van der Waals surface area contributed by atoms with Crippen molar-refractivity contribution >= 4 is 18.2 Å². The molecule has 0 aliphatic carbocycles. The Bertz CT molecular complexity index is 256. The van der Waals surface area contributed by atoms with Gasteiger partial charge in [-0.3, -0.25) is 14.4 Å². The fourth-order valence-corrected chi connectivity index (χ4v) is 1.54. The lowest BCUT2D eigenvalue weighted by Crippen LogP contribution is -2.45. The van der Waals surface area contributed by atoms with Gasteiger partial charge in [0.25, 0.3) is 0 Å². The predicted molar refractivity (Wildman–Crippen MR) is 59.5 cm³/mol. The van der Waals surface area contributed by atoms with Crippen LogP contribution in [-0.2, 0) is 14.4 Å². The fraction of sp³-hybridized carbons (Fsp3) is 0.700. The smallest absolute Gasteiger partial charge is 0.224 e. The molecule has 0 saturated heterocycles. The Hall–Kier alpha value is -1.59. The number of carbonyl (C=O) groups is 3. The van der Waals surface area contributed by atoms with Crippen molar-refractivity contribution in [3.05, 3.63) is 0 Å². The van der Waals surface area contributed by atoms with E-state index in [9.17, 15) is 14.4 Å². The van der Waals surface area contributed by atoms with Crippen molar-refractivity contribution in [3.8, 4) is 0 Å². The Morgan fingerprint density at radius 1 is 1.25 bits per heavy atom. The summed E-state index contributed by atoms with van der Waals surface area (Å²) in [5.41, 5.74) is 0. The van der Waals surface area contributed by atoms with Gasteiger partial charge in [0, 0.05) is 26.6 Å². The summed E-state index contributed by atoms with van der Waals surface area (Å²) in [5.74, 6) is -0.778. The average Bonchev–Trinajstić information content (AvgIpc) is 2.29. The summed E-state index contributed by atoms with van der Waals surface area (Å²) in [6, 6.07) is -0.470. The van der Waals surface area contributed by atoms with Crippen molar-refractivity contribution < 1.29 is 14.4 Å². The Balaban J connectivity index is 4.63. The highest BCUT2D eigenvalue weighted by molar-refractivity contribution is 5.82. The van der Waals surface area contributed by atoms with E-state index in [2.05, 4.69) is 16.0 Å². The molecule has 0 fully saturated rings. The summed E-state index contributed by atoms with van der Waals surface area (Å²) in [6.45, 7) is 1.84. The van der Waals surface area contributed by atoms with E-state index in [1.165, 1.54) is 14.1 Å². The first-order valence-electron chi connectivity index (χ1n) is 5.22. The fourth-order valence-electron chi connectivity index (χ4n) is 1.54. The van der Waals surface area contributed by atoms with Crippen LogP contribution < -0.4 is 16.0 Å². The topological polar surface area (TPSA) is 87.3 Å². The van der Waals surface area contributed by atoms with E-state index < -0.39 is 12.0 Å². The van der Waals surface area contributed by atoms with Gasteiger partial charge in [-0.2, -0.15) is 0 Å². The third-order valence-electron chi connectivity index (χ3n) is 2.47. The molecule has 0 aromatic rings. The van der Waals surface area contributed by atoms with Crippen molar-refractivity contribution in [1.29, 1.82) is 0 Å². The van der Waals surface area contributed by atoms with Crippen LogP contribution in [0, 0.1) is 5.92 Å². The van der Waals surface area contributed by atoms with Crippen molar-refractivity contribution in [2.75, 3.05) is 14.1 Å². The summed E-state index contributed by atoms with van der Waals surface area (Å²) in [4.78, 5) is 33.2. The van der Waals surface area contributed by atoms with E-state index in [1.54, 1.807) is 0 Å². The molecule has 0 bridgehead atoms. The van der Waals surface area contributed by atoms with Crippen LogP contribution in [0.5, 0.6) is 0 Å². The standard InChI is InChI=1S/C10H19N3O3/c1-4-7(10(16)12-3)8(13-6-14)5-9(15)11-2/h6-8H,4-5H2,1-3H3,(H,11,15)(H,12,16)(H,13,14). The van der Waals surface area contributed by atoms with Gasteiger partial charge in [0.15, 0.2) is 0 Å². The quantitative estimate of drug-likeness (QED) is 0.490. The molecule has 2 atom stereocenters. The molecule has 0 heterocycles. The molecule has 16 heavy (non-hydrogen) atoms. The van der Waals surface area contributed by atoms with E-state index in [-0.39, 0.29) is 18.2 Å². The van der Waals surface area contributed by atoms with Crippen molar-refractivity contribution in [2.24, 2.45) is 5.92 Å². The Morgan fingerprint density at radius 2 is 1.88 bits per heavy atom. The summed E-state index contributed by atoms with van der Waals surface area (Å²) < 4.78 is 0. The monoisotopic (exact) mass is 229 g/mol. The summed E-state index contributed by atoms with van der Waals surface area (Å²) in [5, 5.41) is 7.49. The van der Waals surface area contributed by atoms with Gasteiger partial charge in [0.2, 0.25) is 18.2 Å². The first-order valence-corrected chi connectivity index (χ1v) is 5.22. The van der Waals surface area contributed by atoms with E-state index in [4.69, 9.17) is 0 Å². The van der Waals surface area contributed by atoms with Crippen LogP contribution in [0.25, 0.3) is 0 Å².